The topological polar surface area (TPSA) is 40.5 Å². The zero-order valence-electron chi connectivity index (χ0n) is 19.8. The molecule has 0 N–H and O–H groups in total. The van der Waals surface area contributed by atoms with E-state index in [4.69, 9.17) is 4.74 Å². The second kappa shape index (κ2) is 9.89. The average molecular weight is 497 g/mol. The third kappa shape index (κ3) is 5.27. The van der Waals surface area contributed by atoms with Gasteiger partial charge in [-0.05, 0) is 74.0 Å². The second-order valence-electron chi connectivity index (χ2n) is 8.37. The molecular weight excluding hydrogens is 474 g/mol. The smallest absolute Gasteiger partial charge is 0.416 e. The number of nitrogens with zero attached hydrogens (tertiary/aromatic N) is 1. The minimum atomic E-state index is -4.66. The lowest BCUT2D eigenvalue weighted by Crippen LogP contribution is -2.11. The molecule has 0 aliphatic carbocycles. The Bertz CT molecular complexity index is 1410. The molecule has 0 spiro atoms. The summed E-state index contributed by atoms with van der Waals surface area (Å²) < 4.78 is 66.6. The zero-order valence-corrected chi connectivity index (χ0v) is 19.8. The minimum absolute atomic E-state index is 0.161. The molecule has 0 bridgehead atoms. The molecular formula is C28H23F4NO3. The summed E-state index contributed by atoms with van der Waals surface area (Å²) >= 11 is 0. The Morgan fingerprint density at radius 3 is 2.31 bits per heavy atom. The SMILES string of the molecule is COC(=O)c1cc(-n2c(C)ccc2-c2cc(C)ccc2OCc2ccc(F)cc2)cc(C(F)(F)F)c1. The van der Waals surface area contributed by atoms with Gasteiger partial charge in [0, 0.05) is 16.9 Å². The van der Waals surface area contributed by atoms with Crippen LogP contribution in [0.2, 0.25) is 0 Å². The number of carbonyl (C=O) groups is 1. The third-order valence-corrected chi connectivity index (χ3v) is 5.72. The Hall–Kier alpha value is -4.07. The number of halogens is 4. The monoisotopic (exact) mass is 497 g/mol. The molecule has 0 aliphatic heterocycles. The van der Waals surface area contributed by atoms with Gasteiger partial charge in [0.1, 0.15) is 18.2 Å². The molecule has 0 atom stereocenters. The Balaban J connectivity index is 1.82. The molecule has 3 aromatic carbocycles. The minimum Gasteiger partial charge on any atom is -0.488 e. The zero-order chi connectivity index (χ0) is 26.0. The van der Waals surface area contributed by atoms with Gasteiger partial charge in [-0.1, -0.05) is 23.8 Å². The van der Waals surface area contributed by atoms with Gasteiger partial charge in [0.05, 0.1) is 23.9 Å². The van der Waals surface area contributed by atoms with Gasteiger partial charge in [-0.3, -0.25) is 0 Å². The second-order valence-corrected chi connectivity index (χ2v) is 8.37. The average Bonchev–Trinajstić information content (AvgIpc) is 3.24. The molecule has 0 saturated heterocycles. The molecule has 0 amide bonds. The van der Waals surface area contributed by atoms with Crippen molar-refractivity contribution in [1.29, 1.82) is 0 Å². The number of aryl methyl sites for hydroxylation is 2. The molecule has 0 fully saturated rings. The van der Waals surface area contributed by atoms with Crippen LogP contribution in [0.4, 0.5) is 17.6 Å². The molecule has 1 heterocycles. The van der Waals surface area contributed by atoms with Crippen molar-refractivity contribution in [2.24, 2.45) is 0 Å². The predicted molar refractivity (Wildman–Crippen MR) is 128 cm³/mol. The van der Waals surface area contributed by atoms with Gasteiger partial charge in [-0.25, -0.2) is 9.18 Å². The van der Waals surface area contributed by atoms with E-state index in [1.807, 2.05) is 19.1 Å². The maximum atomic E-state index is 13.7. The van der Waals surface area contributed by atoms with Crippen LogP contribution < -0.4 is 4.74 Å². The summed E-state index contributed by atoms with van der Waals surface area (Å²) in [6.45, 7) is 3.83. The third-order valence-electron chi connectivity index (χ3n) is 5.72. The number of rotatable bonds is 6. The number of methoxy groups -OCH3 is 1. The Morgan fingerprint density at radius 2 is 1.64 bits per heavy atom. The fraction of sp³-hybridized carbons (Fsp3) is 0.179. The number of carbonyl (C=O) groups excluding carboxylic acids is 1. The molecule has 0 aliphatic rings. The summed E-state index contributed by atoms with van der Waals surface area (Å²) in [7, 11) is 1.12. The van der Waals surface area contributed by atoms with Crippen molar-refractivity contribution in [2.45, 2.75) is 26.6 Å². The van der Waals surface area contributed by atoms with Crippen molar-refractivity contribution in [3.63, 3.8) is 0 Å². The molecule has 4 rings (SSSR count). The number of aromatic nitrogens is 1. The van der Waals surface area contributed by atoms with Gasteiger partial charge in [0.2, 0.25) is 0 Å². The molecule has 0 saturated carbocycles. The summed E-state index contributed by atoms with van der Waals surface area (Å²) in [6, 6.07) is 18.1. The van der Waals surface area contributed by atoms with Crippen LogP contribution in [0.15, 0.2) is 72.8 Å². The summed E-state index contributed by atoms with van der Waals surface area (Å²) in [4.78, 5) is 12.2. The van der Waals surface area contributed by atoms with Gasteiger partial charge in [0.25, 0.3) is 0 Å². The largest absolute Gasteiger partial charge is 0.488 e. The van der Waals surface area contributed by atoms with Crippen LogP contribution in [0, 0.1) is 19.7 Å². The fourth-order valence-corrected chi connectivity index (χ4v) is 3.94. The number of benzene rings is 3. The van der Waals surface area contributed by atoms with Crippen LogP contribution in [-0.2, 0) is 17.5 Å². The van der Waals surface area contributed by atoms with Gasteiger partial charge < -0.3 is 14.0 Å². The fourth-order valence-electron chi connectivity index (χ4n) is 3.94. The number of hydrogen-bond donors (Lipinski definition) is 0. The van der Waals surface area contributed by atoms with Gasteiger partial charge >= 0.3 is 12.1 Å². The summed E-state index contributed by atoms with van der Waals surface area (Å²) in [5.74, 6) is -0.715. The first-order valence-electron chi connectivity index (χ1n) is 11.0. The van der Waals surface area contributed by atoms with E-state index in [0.29, 0.717) is 22.7 Å². The first-order valence-corrected chi connectivity index (χ1v) is 11.0. The first kappa shape index (κ1) is 25.0. The van der Waals surface area contributed by atoms with E-state index >= 15 is 0 Å². The van der Waals surface area contributed by atoms with E-state index in [1.54, 1.807) is 41.8 Å². The van der Waals surface area contributed by atoms with Crippen LogP contribution in [0.5, 0.6) is 5.75 Å². The molecule has 36 heavy (non-hydrogen) atoms. The lowest BCUT2D eigenvalue weighted by atomic mass is 10.1. The maximum absolute atomic E-state index is 13.7. The lowest BCUT2D eigenvalue weighted by Gasteiger charge is -2.18. The number of hydrogen-bond acceptors (Lipinski definition) is 3. The molecule has 8 heteroatoms. The van der Waals surface area contributed by atoms with Crippen LogP contribution in [-0.4, -0.2) is 17.6 Å². The van der Waals surface area contributed by atoms with Crippen molar-refractivity contribution in [3.8, 4) is 22.7 Å². The van der Waals surface area contributed by atoms with Crippen LogP contribution in [0.1, 0.15) is 32.7 Å². The van der Waals surface area contributed by atoms with Gasteiger partial charge in [-0.2, -0.15) is 13.2 Å². The molecule has 186 valence electrons. The molecule has 0 radical (unpaired) electrons. The summed E-state index contributed by atoms with van der Waals surface area (Å²) in [5.41, 5.74) is 2.57. The highest BCUT2D eigenvalue weighted by atomic mass is 19.4. The maximum Gasteiger partial charge on any atom is 0.416 e. The lowest BCUT2D eigenvalue weighted by molar-refractivity contribution is -0.137. The molecule has 4 nitrogen and oxygen atoms in total. The van der Waals surface area contributed by atoms with Crippen molar-refractivity contribution in [3.05, 3.63) is 107 Å². The van der Waals surface area contributed by atoms with Crippen molar-refractivity contribution in [2.75, 3.05) is 7.11 Å². The van der Waals surface area contributed by atoms with E-state index in [1.165, 1.54) is 18.2 Å². The van der Waals surface area contributed by atoms with Crippen LogP contribution >= 0.6 is 0 Å². The quantitative estimate of drug-likeness (QED) is 0.208. The van der Waals surface area contributed by atoms with E-state index in [2.05, 4.69) is 4.74 Å². The predicted octanol–water partition coefficient (Wildman–Crippen LogP) is 7.28. The van der Waals surface area contributed by atoms with Gasteiger partial charge in [0.15, 0.2) is 0 Å². The Kier molecular flexibility index (Phi) is 6.88. The van der Waals surface area contributed by atoms with E-state index in [0.717, 1.165) is 30.4 Å². The van der Waals surface area contributed by atoms with Crippen molar-refractivity contribution < 1.29 is 31.8 Å². The standard InChI is InChI=1S/C28H23F4NO3/c1-17-4-11-26(36-16-19-6-8-22(29)9-7-19)24(12-17)25-10-5-18(2)33(25)23-14-20(27(34)35-3)13-21(15-23)28(30,31)32/h4-15H,16H2,1-3H3. The van der Waals surface area contributed by atoms with Gasteiger partial charge in [-0.15, -0.1) is 0 Å². The van der Waals surface area contributed by atoms with Crippen molar-refractivity contribution >= 4 is 5.97 Å². The molecule has 4 aromatic rings. The molecule has 1 aromatic heterocycles. The van der Waals surface area contributed by atoms with Crippen LogP contribution in [0.3, 0.4) is 0 Å². The normalized spacial score (nSPS) is 11.4. The Labute approximate surface area is 205 Å². The number of esters is 1. The van der Waals surface area contributed by atoms with E-state index in [-0.39, 0.29) is 23.7 Å². The first-order chi connectivity index (χ1) is 17.1. The van der Waals surface area contributed by atoms with E-state index < -0.39 is 17.7 Å². The van der Waals surface area contributed by atoms with Crippen LogP contribution in [0.25, 0.3) is 16.9 Å². The van der Waals surface area contributed by atoms with Crippen molar-refractivity contribution in [1.82, 2.24) is 4.57 Å². The molecule has 0 unspecified atom stereocenters. The summed E-state index contributed by atoms with van der Waals surface area (Å²) in [5, 5.41) is 0. The highest BCUT2D eigenvalue weighted by Crippen LogP contribution is 2.37. The number of ether oxygens (including phenoxy) is 2. The Morgan fingerprint density at radius 1 is 0.917 bits per heavy atom. The summed E-state index contributed by atoms with van der Waals surface area (Å²) in [6.07, 6.45) is -4.66. The highest BCUT2D eigenvalue weighted by Gasteiger charge is 2.32. The highest BCUT2D eigenvalue weighted by molar-refractivity contribution is 5.90. The van der Waals surface area contributed by atoms with E-state index in [9.17, 15) is 22.4 Å². The number of alkyl halides is 3.